The summed E-state index contributed by atoms with van der Waals surface area (Å²) in [5, 5.41) is 2.03. The Morgan fingerprint density at radius 3 is 2.42 bits per heavy atom. The van der Waals surface area contributed by atoms with Crippen LogP contribution < -0.4 is 0 Å². The summed E-state index contributed by atoms with van der Waals surface area (Å²) in [5.74, 6) is 0. The molecule has 2 aromatic rings. The van der Waals surface area contributed by atoms with E-state index in [0.717, 1.165) is 36.8 Å². The van der Waals surface area contributed by atoms with E-state index in [4.69, 9.17) is 0 Å². The fraction of sp³-hybridized carbons (Fsp3) is 0.474. The molecule has 1 heterocycles. The van der Waals surface area contributed by atoms with Crippen molar-refractivity contribution in [1.29, 1.82) is 0 Å². The molecule has 0 amide bonds. The standard InChI is InChI=1S/C19H26N2O2S/c1-2-11-21(15-14-20-12-5-6-13-20)24(22,23)19-10-9-17-7-3-4-8-18(17)16-19/h3-4,7-10,16H,2,5-6,11-15H2,1H3. The third-order valence-electron chi connectivity index (χ3n) is 4.70. The molecule has 0 spiro atoms. The Morgan fingerprint density at radius 2 is 1.71 bits per heavy atom. The second kappa shape index (κ2) is 7.64. The zero-order valence-electron chi connectivity index (χ0n) is 14.3. The smallest absolute Gasteiger partial charge is 0.243 e. The molecule has 0 aliphatic carbocycles. The minimum atomic E-state index is -3.44. The average molecular weight is 346 g/mol. The van der Waals surface area contributed by atoms with Gasteiger partial charge >= 0.3 is 0 Å². The monoisotopic (exact) mass is 346 g/mol. The first-order chi connectivity index (χ1) is 11.6. The molecule has 24 heavy (non-hydrogen) atoms. The number of hydrogen-bond acceptors (Lipinski definition) is 3. The van der Waals surface area contributed by atoms with Crippen LogP contribution in [0, 0.1) is 0 Å². The van der Waals surface area contributed by atoms with E-state index in [9.17, 15) is 8.42 Å². The number of sulfonamides is 1. The van der Waals surface area contributed by atoms with Crippen LogP contribution in [0.25, 0.3) is 10.8 Å². The highest BCUT2D eigenvalue weighted by Crippen LogP contribution is 2.22. The summed E-state index contributed by atoms with van der Waals surface area (Å²) in [6, 6.07) is 13.3. The van der Waals surface area contributed by atoms with Gasteiger partial charge in [-0.25, -0.2) is 8.42 Å². The average Bonchev–Trinajstić information content (AvgIpc) is 3.11. The van der Waals surface area contributed by atoms with Gasteiger partial charge in [0.1, 0.15) is 0 Å². The molecule has 0 N–H and O–H groups in total. The molecule has 4 nitrogen and oxygen atoms in total. The molecule has 0 aromatic heterocycles. The second-order valence-electron chi connectivity index (χ2n) is 6.46. The third kappa shape index (κ3) is 3.79. The Bertz CT molecular complexity index is 783. The molecule has 2 aromatic carbocycles. The largest absolute Gasteiger partial charge is 0.302 e. The lowest BCUT2D eigenvalue weighted by Gasteiger charge is -2.24. The van der Waals surface area contributed by atoms with Gasteiger partial charge in [0.15, 0.2) is 0 Å². The van der Waals surface area contributed by atoms with Gasteiger partial charge in [-0.2, -0.15) is 4.31 Å². The van der Waals surface area contributed by atoms with Gasteiger partial charge in [0.05, 0.1) is 4.90 Å². The number of rotatable bonds is 7. The molecular formula is C19H26N2O2S. The van der Waals surface area contributed by atoms with Crippen molar-refractivity contribution in [3.63, 3.8) is 0 Å². The van der Waals surface area contributed by atoms with Gasteiger partial charge in [0.2, 0.25) is 10.0 Å². The lowest BCUT2D eigenvalue weighted by molar-refractivity contribution is 0.294. The highest BCUT2D eigenvalue weighted by molar-refractivity contribution is 7.89. The molecule has 0 saturated carbocycles. The van der Waals surface area contributed by atoms with Crippen molar-refractivity contribution in [1.82, 2.24) is 9.21 Å². The molecule has 0 radical (unpaired) electrons. The maximum absolute atomic E-state index is 13.1. The van der Waals surface area contributed by atoms with Crippen molar-refractivity contribution in [2.24, 2.45) is 0 Å². The SMILES string of the molecule is CCCN(CCN1CCCC1)S(=O)(=O)c1ccc2ccccc2c1. The van der Waals surface area contributed by atoms with Crippen LogP contribution in [0.2, 0.25) is 0 Å². The predicted molar refractivity (Wildman–Crippen MR) is 98.7 cm³/mol. The Balaban J connectivity index is 1.82. The molecule has 1 fully saturated rings. The summed E-state index contributed by atoms with van der Waals surface area (Å²) in [6.07, 6.45) is 3.28. The number of likely N-dealkylation sites (tertiary alicyclic amines) is 1. The van der Waals surface area contributed by atoms with Gasteiger partial charge in [-0.3, -0.25) is 0 Å². The fourth-order valence-electron chi connectivity index (χ4n) is 3.34. The minimum absolute atomic E-state index is 0.399. The summed E-state index contributed by atoms with van der Waals surface area (Å²) in [5.41, 5.74) is 0. The maximum atomic E-state index is 13.1. The lowest BCUT2D eigenvalue weighted by atomic mass is 10.1. The topological polar surface area (TPSA) is 40.6 Å². The van der Waals surface area contributed by atoms with E-state index in [0.29, 0.717) is 18.0 Å². The predicted octanol–water partition coefficient (Wildman–Crippen LogP) is 3.34. The number of fused-ring (bicyclic) bond motifs is 1. The molecule has 3 rings (SSSR count). The minimum Gasteiger partial charge on any atom is -0.302 e. The second-order valence-corrected chi connectivity index (χ2v) is 8.40. The number of hydrogen-bond donors (Lipinski definition) is 0. The van der Waals surface area contributed by atoms with Crippen molar-refractivity contribution in [3.05, 3.63) is 42.5 Å². The van der Waals surface area contributed by atoms with E-state index in [1.54, 1.807) is 16.4 Å². The molecule has 1 aliphatic rings. The quantitative estimate of drug-likeness (QED) is 0.772. The fourth-order valence-corrected chi connectivity index (χ4v) is 4.90. The van der Waals surface area contributed by atoms with E-state index >= 15 is 0 Å². The van der Waals surface area contributed by atoms with Gasteiger partial charge in [-0.05, 0) is 55.3 Å². The van der Waals surface area contributed by atoms with Crippen molar-refractivity contribution >= 4 is 20.8 Å². The summed E-state index contributed by atoms with van der Waals surface area (Å²) in [7, 11) is -3.44. The van der Waals surface area contributed by atoms with Gasteiger partial charge in [0, 0.05) is 19.6 Å². The molecular weight excluding hydrogens is 320 g/mol. The van der Waals surface area contributed by atoms with Gasteiger partial charge in [-0.15, -0.1) is 0 Å². The molecule has 5 heteroatoms. The van der Waals surface area contributed by atoms with Crippen LogP contribution in [0.4, 0.5) is 0 Å². The van der Waals surface area contributed by atoms with E-state index in [1.165, 1.54) is 12.8 Å². The van der Waals surface area contributed by atoms with Crippen molar-refractivity contribution in [2.75, 3.05) is 32.7 Å². The van der Waals surface area contributed by atoms with Crippen LogP contribution in [-0.2, 0) is 10.0 Å². The summed E-state index contributed by atoms with van der Waals surface area (Å²) >= 11 is 0. The molecule has 130 valence electrons. The Hall–Kier alpha value is -1.43. The van der Waals surface area contributed by atoms with Crippen LogP contribution in [0.1, 0.15) is 26.2 Å². The van der Waals surface area contributed by atoms with Crippen molar-refractivity contribution in [3.8, 4) is 0 Å². The lowest BCUT2D eigenvalue weighted by Crippen LogP contribution is -2.38. The number of nitrogens with zero attached hydrogens (tertiary/aromatic N) is 2. The van der Waals surface area contributed by atoms with E-state index in [1.807, 2.05) is 37.3 Å². The first kappa shape index (κ1) is 17.4. The van der Waals surface area contributed by atoms with Crippen molar-refractivity contribution < 1.29 is 8.42 Å². The Kier molecular flexibility index (Phi) is 5.54. The third-order valence-corrected chi connectivity index (χ3v) is 6.59. The van der Waals surface area contributed by atoms with Crippen LogP contribution in [0.5, 0.6) is 0 Å². The summed E-state index contributed by atoms with van der Waals surface area (Å²) in [4.78, 5) is 2.76. The highest BCUT2D eigenvalue weighted by Gasteiger charge is 2.25. The van der Waals surface area contributed by atoms with E-state index < -0.39 is 10.0 Å². The van der Waals surface area contributed by atoms with Crippen molar-refractivity contribution in [2.45, 2.75) is 31.1 Å². The molecule has 0 bridgehead atoms. The van der Waals surface area contributed by atoms with Crippen LogP contribution in [0.15, 0.2) is 47.4 Å². The Morgan fingerprint density at radius 1 is 1.00 bits per heavy atom. The summed E-state index contributed by atoms with van der Waals surface area (Å²) in [6.45, 7) is 6.18. The van der Waals surface area contributed by atoms with E-state index in [-0.39, 0.29) is 0 Å². The molecule has 0 atom stereocenters. The van der Waals surface area contributed by atoms with Crippen LogP contribution in [-0.4, -0.2) is 50.3 Å². The van der Waals surface area contributed by atoms with Gasteiger partial charge in [-0.1, -0.05) is 37.3 Å². The molecule has 1 aliphatic heterocycles. The van der Waals surface area contributed by atoms with Crippen LogP contribution in [0.3, 0.4) is 0 Å². The van der Waals surface area contributed by atoms with E-state index in [2.05, 4.69) is 4.90 Å². The first-order valence-corrected chi connectivity index (χ1v) is 10.3. The number of benzene rings is 2. The summed E-state index contributed by atoms with van der Waals surface area (Å²) < 4.78 is 27.8. The first-order valence-electron chi connectivity index (χ1n) is 8.82. The van der Waals surface area contributed by atoms with Gasteiger partial charge < -0.3 is 4.90 Å². The molecule has 0 unspecified atom stereocenters. The van der Waals surface area contributed by atoms with Gasteiger partial charge in [0.25, 0.3) is 0 Å². The Labute approximate surface area is 145 Å². The zero-order valence-corrected chi connectivity index (χ0v) is 15.1. The normalized spacial score (nSPS) is 16.2. The maximum Gasteiger partial charge on any atom is 0.243 e. The highest BCUT2D eigenvalue weighted by atomic mass is 32.2. The molecule has 1 saturated heterocycles. The van der Waals surface area contributed by atoms with Crippen LogP contribution >= 0.6 is 0 Å². The zero-order chi connectivity index (χ0) is 17.0.